The summed E-state index contributed by atoms with van der Waals surface area (Å²) >= 11 is 0. The second kappa shape index (κ2) is 20.1. The standard InChI is InChI=1S/C15H18NO3S.C5H5.3CO.W/c1-4-5-10-16(11-15(3)12-19-15)20(17,18)14-8-6-13(2)7-9-14;1-2-4-5-3-1;3*1-2;/h6-9H,1,10-12H2,2-3H3;1-5H;;;;/q-1;;;;;+2. The molecule has 2 fully saturated rings. The van der Waals surface area contributed by atoms with Gasteiger partial charge in [-0.1, -0.05) is 17.7 Å². The van der Waals surface area contributed by atoms with Crippen molar-refractivity contribution in [2.75, 3.05) is 19.7 Å². The van der Waals surface area contributed by atoms with Gasteiger partial charge in [-0.25, -0.2) is 12.7 Å². The molecule has 0 aromatic heterocycles. The maximum Gasteiger partial charge on any atom is 2.00 e. The molecule has 1 saturated heterocycles. The minimum Gasteiger partial charge on any atom is -0.368 e. The van der Waals surface area contributed by atoms with Crippen LogP contribution in [0.5, 0.6) is 0 Å². The molecule has 3 rings (SSSR count). The average molecular weight is 625 g/mol. The molecule has 1 aliphatic heterocycles. The van der Waals surface area contributed by atoms with Crippen molar-refractivity contribution in [1.82, 2.24) is 4.31 Å². The summed E-state index contributed by atoms with van der Waals surface area (Å²) in [6, 6.07) is 6.80. The maximum absolute atomic E-state index is 12.6. The van der Waals surface area contributed by atoms with Crippen molar-refractivity contribution in [3.63, 3.8) is 0 Å². The van der Waals surface area contributed by atoms with E-state index in [0.29, 0.717) is 13.2 Å². The largest absolute Gasteiger partial charge is 2.00 e. The summed E-state index contributed by atoms with van der Waals surface area (Å²) in [6.45, 7) is 21.7. The van der Waals surface area contributed by atoms with Gasteiger partial charge in [0.2, 0.25) is 10.0 Å². The Hall–Kier alpha value is -1.57. The fourth-order valence-corrected chi connectivity index (χ4v) is 3.59. The van der Waals surface area contributed by atoms with E-state index < -0.39 is 10.0 Å². The van der Waals surface area contributed by atoms with Crippen LogP contribution in [0.25, 0.3) is 0 Å². The molecule has 0 bridgehead atoms. The number of epoxide rings is 1. The Morgan fingerprint density at radius 1 is 1.03 bits per heavy atom. The molecule has 32 heavy (non-hydrogen) atoms. The first-order valence-corrected chi connectivity index (χ1v) is 10.0. The molecule has 1 saturated carbocycles. The van der Waals surface area contributed by atoms with Gasteiger partial charge in [0.15, 0.2) is 0 Å². The van der Waals surface area contributed by atoms with Gasteiger partial charge in [0.25, 0.3) is 0 Å². The molecule has 5 radical (unpaired) electrons. The van der Waals surface area contributed by atoms with E-state index in [4.69, 9.17) is 18.7 Å². The Morgan fingerprint density at radius 3 is 1.78 bits per heavy atom. The van der Waals surface area contributed by atoms with E-state index in [0.717, 1.165) is 5.56 Å². The van der Waals surface area contributed by atoms with Gasteiger partial charge in [0, 0.05) is 6.54 Å². The molecule has 0 spiro atoms. The molecule has 1 aromatic rings. The van der Waals surface area contributed by atoms with Crippen molar-refractivity contribution in [2.24, 2.45) is 0 Å². The van der Waals surface area contributed by atoms with Gasteiger partial charge >= 0.3 is 55.0 Å². The minimum atomic E-state index is -3.56. The third kappa shape index (κ3) is 13.8. The van der Waals surface area contributed by atoms with Crippen LogP contribution in [-0.4, -0.2) is 38.0 Å². The van der Waals surface area contributed by atoms with E-state index in [-0.39, 0.29) is 38.1 Å². The molecule has 2 aliphatic rings. The van der Waals surface area contributed by atoms with Gasteiger partial charge < -0.3 is 10.7 Å². The smallest absolute Gasteiger partial charge is 0.368 e. The summed E-state index contributed by atoms with van der Waals surface area (Å²) in [5.74, 6) is 5.21. The zero-order valence-electron chi connectivity index (χ0n) is 17.7. The SMILES string of the molecule is [C-]#[O+].[C-]#[O+].[C-]#[O+].[CH2-]C#CCN(CC1(C)CO1)S(=O)(=O)c1ccc(C)cc1.[CH]1[CH][CH][CH][CH]1.[W+2]. The number of hydrogen-bond donors (Lipinski definition) is 0. The number of ether oxygens (including phenoxy) is 1. The number of hydrogen-bond acceptors (Lipinski definition) is 3. The zero-order chi connectivity index (χ0) is 24.3. The van der Waals surface area contributed by atoms with Gasteiger partial charge in [0.05, 0.1) is 11.5 Å². The van der Waals surface area contributed by atoms with Crippen molar-refractivity contribution in [3.05, 3.63) is 88.8 Å². The van der Waals surface area contributed by atoms with Gasteiger partial charge in [-0.3, -0.25) is 5.92 Å². The van der Waals surface area contributed by atoms with Crippen molar-refractivity contribution in [1.29, 1.82) is 0 Å². The summed E-state index contributed by atoms with van der Waals surface area (Å²) in [4.78, 5) is 0.276. The van der Waals surface area contributed by atoms with E-state index in [1.807, 2.05) is 46.0 Å². The van der Waals surface area contributed by atoms with Gasteiger partial charge in [-0.15, -0.1) is 0 Å². The summed E-state index contributed by atoms with van der Waals surface area (Å²) in [6.07, 6.45) is 10.0. The molecule has 7 nitrogen and oxygen atoms in total. The molecule has 9 heteroatoms. The van der Waals surface area contributed by atoms with Crippen LogP contribution < -0.4 is 0 Å². The van der Waals surface area contributed by atoms with Crippen molar-refractivity contribution in [2.45, 2.75) is 24.3 Å². The molecule has 1 aliphatic carbocycles. The third-order valence-electron chi connectivity index (χ3n) is 3.74. The molecule has 1 aromatic carbocycles. The number of rotatable bonds is 5. The summed E-state index contributed by atoms with van der Waals surface area (Å²) in [5.41, 5.74) is 0.631. The van der Waals surface area contributed by atoms with Crippen LogP contribution in [0.15, 0.2) is 29.2 Å². The van der Waals surface area contributed by atoms with E-state index in [9.17, 15) is 8.42 Å². The molecule has 167 valence electrons. The number of sulfonamides is 1. The van der Waals surface area contributed by atoms with Crippen LogP contribution in [0.4, 0.5) is 0 Å². The number of nitrogens with zero attached hydrogens (tertiary/aromatic N) is 1. The Balaban J connectivity index is -0.000000590. The first-order valence-electron chi connectivity index (χ1n) is 8.61. The van der Waals surface area contributed by atoms with Gasteiger partial charge in [-0.2, -0.15) is 6.92 Å². The Bertz CT molecular complexity index is 821. The second-order valence-corrected chi connectivity index (χ2v) is 8.08. The summed E-state index contributed by atoms with van der Waals surface area (Å²) in [7, 11) is -3.56. The van der Waals surface area contributed by atoms with Crippen LogP contribution in [0, 0.1) is 77.7 Å². The molecule has 1 atom stereocenters. The topological polar surface area (TPSA) is 110 Å². The quantitative estimate of drug-likeness (QED) is 0.217. The molecule has 1 unspecified atom stereocenters. The van der Waals surface area contributed by atoms with Crippen LogP contribution in [0.1, 0.15) is 12.5 Å². The first-order chi connectivity index (χ1) is 14.9. The van der Waals surface area contributed by atoms with Crippen molar-refractivity contribution < 1.29 is 48.2 Å². The van der Waals surface area contributed by atoms with E-state index >= 15 is 0 Å². The van der Waals surface area contributed by atoms with Crippen LogP contribution in [-0.2, 0) is 49.8 Å². The van der Waals surface area contributed by atoms with Crippen LogP contribution in [0.3, 0.4) is 0 Å². The maximum atomic E-state index is 12.6. The second-order valence-electron chi connectivity index (χ2n) is 6.14. The van der Waals surface area contributed by atoms with E-state index in [2.05, 4.69) is 38.7 Å². The average Bonchev–Trinajstić information content (AvgIpc) is 3.25. The monoisotopic (exact) mass is 625 g/mol. The predicted molar refractivity (Wildman–Crippen MR) is 111 cm³/mol. The van der Waals surface area contributed by atoms with Crippen molar-refractivity contribution in [3.8, 4) is 11.8 Å². The first kappa shape index (κ1) is 35.0. The normalized spacial score (nSPS) is 17.3. The minimum absolute atomic E-state index is 0. The van der Waals surface area contributed by atoms with Crippen LogP contribution in [0.2, 0.25) is 0 Å². The molecular formula is C23H23NO6SW+. The molecule has 1 heterocycles. The zero-order valence-corrected chi connectivity index (χ0v) is 21.5. The fourth-order valence-electron chi connectivity index (χ4n) is 2.14. The van der Waals surface area contributed by atoms with E-state index in [1.165, 1.54) is 4.31 Å². The number of aryl methyl sites for hydroxylation is 1. The van der Waals surface area contributed by atoms with Gasteiger partial charge in [-0.05, 0) is 64.6 Å². The predicted octanol–water partition coefficient (Wildman–Crippen LogP) is 2.52. The van der Waals surface area contributed by atoms with E-state index in [1.54, 1.807) is 24.3 Å². The Kier molecular flexibility index (Phi) is 22.0. The summed E-state index contributed by atoms with van der Waals surface area (Å²) in [5, 5.41) is 0. The van der Waals surface area contributed by atoms with Crippen LogP contribution >= 0.6 is 0 Å². The summed E-state index contributed by atoms with van der Waals surface area (Å²) < 4.78 is 54.4. The Labute approximate surface area is 206 Å². The molecule has 0 N–H and O–H groups in total. The fraction of sp³-hybridized carbons (Fsp3) is 0.261. The molecular weight excluding hydrogens is 602 g/mol. The third-order valence-corrected chi connectivity index (χ3v) is 5.55. The Morgan fingerprint density at radius 2 is 1.44 bits per heavy atom. The van der Waals surface area contributed by atoms with Crippen molar-refractivity contribution >= 4 is 10.0 Å². The number of benzene rings is 1. The molecule has 0 amide bonds. The van der Waals surface area contributed by atoms with Gasteiger partial charge in [0.1, 0.15) is 5.60 Å².